The lowest BCUT2D eigenvalue weighted by atomic mass is 9.46. The van der Waals surface area contributed by atoms with Crippen molar-refractivity contribution in [2.24, 2.45) is 17.8 Å². The van der Waals surface area contributed by atoms with Crippen LogP contribution < -0.4 is 5.32 Å². The van der Waals surface area contributed by atoms with E-state index < -0.39 is 62.8 Å². The van der Waals surface area contributed by atoms with Gasteiger partial charge >= 0.3 is 0 Å². The lowest BCUT2D eigenvalue weighted by molar-refractivity contribution is -0.268. The summed E-state index contributed by atoms with van der Waals surface area (Å²) in [7, 11) is -4.02. The average Bonchev–Trinajstić information content (AvgIpc) is 2.81. The zero-order chi connectivity index (χ0) is 25.0. The summed E-state index contributed by atoms with van der Waals surface area (Å²) >= 11 is 6.18. The molecular weight excluding hydrogens is 492 g/mol. The Morgan fingerprint density at radius 3 is 2.41 bits per heavy atom. The number of carbonyl (C=O) groups is 1. The van der Waals surface area contributed by atoms with E-state index in [-0.39, 0.29) is 39.9 Å². The molecule has 3 saturated carbocycles. The number of anilines is 1. The summed E-state index contributed by atoms with van der Waals surface area (Å²) in [5, 5.41) is 31.7. The number of fused-ring (bicyclic) bond motifs is 2. The van der Waals surface area contributed by atoms with Gasteiger partial charge in [0.1, 0.15) is 6.10 Å². The minimum Gasteiger partial charge on any atom is -0.394 e. The van der Waals surface area contributed by atoms with Crippen LogP contribution in [0.2, 0.25) is 5.02 Å². The fourth-order valence-electron chi connectivity index (χ4n) is 5.46. The molecule has 11 heteroatoms. The third kappa shape index (κ3) is 3.91. The number of hydrogen-bond donors (Lipinski definition) is 4. The summed E-state index contributed by atoms with van der Waals surface area (Å²) in [6.45, 7) is 1.24. The Morgan fingerprint density at radius 1 is 1.18 bits per heavy atom. The highest BCUT2D eigenvalue weighted by Gasteiger charge is 2.67. The SMILES string of the molecule is CC1C2CC(S(=O)(=O)c3cc(C(=O)Nc4ccc(F)c(F)c4)ccc3Cl)CC1C2(O)[C@H](O)CO. The van der Waals surface area contributed by atoms with Crippen LogP contribution in [0.25, 0.3) is 0 Å². The van der Waals surface area contributed by atoms with Gasteiger partial charge in [-0.25, -0.2) is 17.2 Å². The Balaban J connectivity index is 1.58. The molecule has 0 heterocycles. The Bertz CT molecular complexity index is 1230. The van der Waals surface area contributed by atoms with Gasteiger partial charge in [-0.05, 0) is 60.9 Å². The Morgan fingerprint density at radius 2 is 1.82 bits per heavy atom. The van der Waals surface area contributed by atoms with Gasteiger partial charge in [-0.15, -0.1) is 0 Å². The van der Waals surface area contributed by atoms with Gasteiger partial charge in [-0.1, -0.05) is 18.5 Å². The van der Waals surface area contributed by atoms with Crippen molar-refractivity contribution in [2.45, 2.75) is 41.6 Å². The number of amides is 1. The normalized spacial score (nSPS) is 29.3. The van der Waals surface area contributed by atoms with Crippen LogP contribution in [0, 0.1) is 29.4 Å². The van der Waals surface area contributed by atoms with Crippen LogP contribution in [-0.4, -0.2) is 53.2 Å². The lowest BCUT2D eigenvalue weighted by Gasteiger charge is -2.64. The molecule has 2 bridgehead atoms. The molecule has 3 atom stereocenters. The van der Waals surface area contributed by atoms with Crippen LogP contribution in [0.3, 0.4) is 0 Å². The van der Waals surface area contributed by atoms with Crippen molar-refractivity contribution in [3.05, 3.63) is 58.6 Å². The Hall–Kier alpha value is -2.11. The summed E-state index contributed by atoms with van der Waals surface area (Å²) in [6, 6.07) is 6.54. The third-order valence-electron chi connectivity index (χ3n) is 7.31. The van der Waals surface area contributed by atoms with Crippen molar-refractivity contribution >= 4 is 33.0 Å². The lowest BCUT2D eigenvalue weighted by Crippen LogP contribution is -2.72. The summed E-state index contributed by atoms with van der Waals surface area (Å²) < 4.78 is 53.4. The first kappa shape index (κ1) is 25.0. The second kappa shape index (κ2) is 8.83. The molecule has 7 nitrogen and oxygen atoms in total. The first-order chi connectivity index (χ1) is 15.9. The van der Waals surface area contributed by atoms with E-state index in [9.17, 15) is 37.3 Å². The molecule has 2 unspecified atom stereocenters. The van der Waals surface area contributed by atoms with Crippen LogP contribution in [0.5, 0.6) is 0 Å². The third-order valence-corrected chi connectivity index (χ3v) is 9.97. The van der Waals surface area contributed by atoms with Gasteiger partial charge in [0.15, 0.2) is 21.5 Å². The largest absolute Gasteiger partial charge is 0.394 e. The highest BCUT2D eigenvalue weighted by Crippen LogP contribution is 2.60. The molecule has 184 valence electrons. The zero-order valence-corrected chi connectivity index (χ0v) is 19.7. The van der Waals surface area contributed by atoms with E-state index in [1.165, 1.54) is 18.2 Å². The number of halogens is 3. The topological polar surface area (TPSA) is 124 Å². The molecule has 2 aromatic rings. The number of hydrogen-bond acceptors (Lipinski definition) is 6. The molecule has 5 rings (SSSR count). The second-order valence-electron chi connectivity index (χ2n) is 9.02. The fraction of sp³-hybridized carbons (Fsp3) is 0.435. The van der Waals surface area contributed by atoms with E-state index in [0.29, 0.717) is 0 Å². The number of carbonyl (C=O) groups excluding carboxylic acids is 1. The molecule has 0 radical (unpaired) electrons. The van der Waals surface area contributed by atoms with Crippen LogP contribution in [0.1, 0.15) is 30.1 Å². The number of aliphatic hydroxyl groups excluding tert-OH is 2. The van der Waals surface area contributed by atoms with Crippen LogP contribution in [0.15, 0.2) is 41.3 Å². The predicted molar refractivity (Wildman–Crippen MR) is 120 cm³/mol. The molecule has 3 aliphatic rings. The van der Waals surface area contributed by atoms with Crippen LogP contribution in [0.4, 0.5) is 14.5 Å². The van der Waals surface area contributed by atoms with Crippen molar-refractivity contribution < 1.29 is 37.3 Å². The van der Waals surface area contributed by atoms with Gasteiger partial charge < -0.3 is 20.6 Å². The first-order valence-electron chi connectivity index (χ1n) is 10.7. The number of rotatable bonds is 6. The number of aliphatic hydroxyl groups is 3. The molecule has 34 heavy (non-hydrogen) atoms. The summed E-state index contributed by atoms with van der Waals surface area (Å²) in [5.41, 5.74) is -1.60. The molecule has 2 aromatic carbocycles. The van der Waals surface area contributed by atoms with E-state index in [0.717, 1.165) is 18.2 Å². The van der Waals surface area contributed by atoms with E-state index >= 15 is 0 Å². The van der Waals surface area contributed by atoms with Gasteiger partial charge in [0.25, 0.3) is 5.91 Å². The van der Waals surface area contributed by atoms with Gasteiger partial charge in [-0.2, -0.15) is 0 Å². The quantitative estimate of drug-likeness (QED) is 0.469. The fourth-order valence-corrected chi connectivity index (χ4v) is 7.81. The maximum Gasteiger partial charge on any atom is 0.255 e. The number of sulfone groups is 1. The molecule has 0 aromatic heterocycles. The summed E-state index contributed by atoms with van der Waals surface area (Å²) in [5.74, 6) is -4.02. The standard InChI is InChI=1S/C23H24ClF2NO6S/c1-11-15-8-14(9-16(11)23(15,31)21(29)10-28)34(32,33)20-6-12(2-4-17(20)24)22(30)27-13-3-5-18(25)19(26)7-13/h2-7,11,14-16,21,28-29,31H,8-10H2,1H3,(H,27,30)/t11?,14?,15?,16?,21-,23?/m1/s1. The summed E-state index contributed by atoms with van der Waals surface area (Å²) in [4.78, 5) is 12.4. The van der Waals surface area contributed by atoms with Crippen molar-refractivity contribution in [3.8, 4) is 0 Å². The number of benzene rings is 2. The summed E-state index contributed by atoms with van der Waals surface area (Å²) in [6.07, 6.45) is -1.24. The smallest absolute Gasteiger partial charge is 0.255 e. The number of nitrogens with one attached hydrogen (secondary N) is 1. The van der Waals surface area contributed by atoms with Crippen molar-refractivity contribution in [2.75, 3.05) is 11.9 Å². The van der Waals surface area contributed by atoms with Crippen molar-refractivity contribution in [1.82, 2.24) is 0 Å². The Kier molecular flexibility index (Phi) is 6.50. The van der Waals surface area contributed by atoms with Gasteiger partial charge in [-0.3, -0.25) is 4.79 Å². The minimum absolute atomic E-state index is 0.00802. The molecular formula is C23H24ClF2NO6S. The van der Waals surface area contributed by atoms with Crippen molar-refractivity contribution in [1.29, 1.82) is 0 Å². The minimum atomic E-state index is -4.02. The predicted octanol–water partition coefficient (Wildman–Crippen LogP) is 2.77. The molecule has 3 fully saturated rings. The van der Waals surface area contributed by atoms with Gasteiger partial charge in [0.2, 0.25) is 0 Å². The van der Waals surface area contributed by atoms with E-state index in [1.807, 2.05) is 6.92 Å². The molecule has 3 aliphatic carbocycles. The highest BCUT2D eigenvalue weighted by atomic mass is 35.5. The van der Waals surface area contributed by atoms with E-state index in [2.05, 4.69) is 5.32 Å². The highest BCUT2D eigenvalue weighted by molar-refractivity contribution is 7.92. The van der Waals surface area contributed by atoms with E-state index in [4.69, 9.17) is 11.6 Å². The molecule has 0 saturated heterocycles. The van der Waals surface area contributed by atoms with Gasteiger partial charge in [0.05, 0.1) is 27.4 Å². The van der Waals surface area contributed by atoms with Crippen LogP contribution >= 0.6 is 11.6 Å². The molecule has 1 amide bonds. The Labute approximate surface area is 200 Å². The zero-order valence-electron chi connectivity index (χ0n) is 18.1. The maximum absolute atomic E-state index is 13.4. The average molecular weight is 516 g/mol. The molecule has 0 spiro atoms. The molecule has 4 N–H and O–H groups in total. The van der Waals surface area contributed by atoms with Crippen LogP contribution in [-0.2, 0) is 9.84 Å². The second-order valence-corrected chi connectivity index (χ2v) is 11.6. The van der Waals surface area contributed by atoms with E-state index in [1.54, 1.807) is 0 Å². The monoisotopic (exact) mass is 515 g/mol. The molecule has 0 aliphatic heterocycles. The maximum atomic E-state index is 13.4. The van der Waals surface area contributed by atoms with Crippen molar-refractivity contribution in [3.63, 3.8) is 0 Å². The van der Waals surface area contributed by atoms with Gasteiger partial charge in [0, 0.05) is 17.3 Å². The first-order valence-corrected chi connectivity index (χ1v) is 12.6.